The monoisotopic (exact) mass is 214 g/mol. The molecule has 5 nitrogen and oxygen atoms in total. The maximum atomic E-state index is 11.5. The number of carboxylic acids is 1. The molecule has 1 heterocycles. The van der Waals surface area contributed by atoms with E-state index in [4.69, 9.17) is 5.11 Å². The van der Waals surface area contributed by atoms with Crippen molar-refractivity contribution >= 4 is 11.9 Å². The number of amides is 1. The second-order valence-electron chi connectivity index (χ2n) is 4.05. The van der Waals surface area contributed by atoms with Crippen molar-refractivity contribution in [2.24, 2.45) is 5.92 Å². The third-order valence-electron chi connectivity index (χ3n) is 2.78. The van der Waals surface area contributed by atoms with Crippen molar-refractivity contribution < 1.29 is 14.7 Å². The molecule has 0 aromatic carbocycles. The lowest BCUT2D eigenvalue weighted by Crippen LogP contribution is -2.44. The van der Waals surface area contributed by atoms with Crippen LogP contribution in [0.25, 0.3) is 0 Å². The van der Waals surface area contributed by atoms with Crippen LogP contribution in [-0.4, -0.2) is 47.6 Å². The van der Waals surface area contributed by atoms with E-state index in [-0.39, 0.29) is 11.9 Å². The first-order valence-electron chi connectivity index (χ1n) is 5.27. The van der Waals surface area contributed by atoms with Gasteiger partial charge in [0.1, 0.15) is 0 Å². The summed E-state index contributed by atoms with van der Waals surface area (Å²) in [6.07, 6.45) is 0.877. The third-order valence-corrected chi connectivity index (χ3v) is 2.78. The fourth-order valence-corrected chi connectivity index (χ4v) is 1.68. The van der Waals surface area contributed by atoms with Crippen LogP contribution in [0.2, 0.25) is 0 Å². The third kappa shape index (κ3) is 3.20. The van der Waals surface area contributed by atoms with E-state index in [0.717, 1.165) is 13.0 Å². The van der Waals surface area contributed by atoms with Crippen molar-refractivity contribution in [2.45, 2.75) is 26.3 Å². The minimum atomic E-state index is -0.813. The Balaban J connectivity index is 2.58. The molecule has 0 aromatic heterocycles. The summed E-state index contributed by atoms with van der Waals surface area (Å²) in [6, 6.07) is -0.228. The molecule has 1 amide bonds. The van der Waals surface area contributed by atoms with Crippen molar-refractivity contribution in [2.75, 3.05) is 19.6 Å². The number of nitrogens with zero attached hydrogens (tertiary/aromatic N) is 1. The standard InChI is InChI=1S/C10H18N2O3/c1-7(10(14)15)6-12-5-3-4-11-9(13)8(12)2/h7-8H,3-6H2,1-2H3,(H,11,13)(H,14,15). The molecule has 1 aliphatic rings. The maximum Gasteiger partial charge on any atom is 0.307 e. The lowest BCUT2D eigenvalue weighted by molar-refractivity contribution is -0.142. The molecule has 0 radical (unpaired) electrons. The van der Waals surface area contributed by atoms with E-state index in [0.29, 0.717) is 13.1 Å². The SMILES string of the molecule is CC(CN1CCCNC(=O)C1C)C(=O)O. The van der Waals surface area contributed by atoms with E-state index >= 15 is 0 Å². The van der Waals surface area contributed by atoms with Crippen LogP contribution in [0.3, 0.4) is 0 Å². The molecule has 5 heteroatoms. The lowest BCUT2D eigenvalue weighted by Gasteiger charge is -2.26. The first-order chi connectivity index (χ1) is 7.02. The van der Waals surface area contributed by atoms with Crippen LogP contribution in [0.15, 0.2) is 0 Å². The fraction of sp³-hybridized carbons (Fsp3) is 0.800. The average Bonchev–Trinajstić information content (AvgIpc) is 2.33. The second-order valence-corrected chi connectivity index (χ2v) is 4.05. The number of carbonyl (C=O) groups excluding carboxylic acids is 1. The topological polar surface area (TPSA) is 69.6 Å². The van der Waals surface area contributed by atoms with Crippen molar-refractivity contribution in [3.8, 4) is 0 Å². The highest BCUT2D eigenvalue weighted by atomic mass is 16.4. The van der Waals surface area contributed by atoms with E-state index < -0.39 is 11.9 Å². The van der Waals surface area contributed by atoms with Gasteiger partial charge in [-0.2, -0.15) is 0 Å². The molecule has 86 valence electrons. The van der Waals surface area contributed by atoms with Crippen LogP contribution in [0.1, 0.15) is 20.3 Å². The average molecular weight is 214 g/mol. The number of rotatable bonds is 3. The molecule has 1 aliphatic heterocycles. The Kier molecular flexibility index (Phi) is 4.08. The summed E-state index contributed by atoms with van der Waals surface area (Å²) in [5.74, 6) is -1.25. The number of nitrogens with one attached hydrogen (secondary N) is 1. The highest BCUT2D eigenvalue weighted by Crippen LogP contribution is 2.08. The molecule has 1 fully saturated rings. The first kappa shape index (κ1) is 12.0. The molecule has 2 unspecified atom stereocenters. The summed E-state index contributed by atoms with van der Waals surface area (Å²) in [7, 11) is 0. The molecule has 1 rings (SSSR count). The van der Waals surface area contributed by atoms with E-state index in [1.165, 1.54) is 0 Å². The quantitative estimate of drug-likeness (QED) is 0.689. The largest absolute Gasteiger partial charge is 0.481 e. The van der Waals surface area contributed by atoms with Gasteiger partial charge in [-0.25, -0.2) is 0 Å². The van der Waals surface area contributed by atoms with Crippen LogP contribution >= 0.6 is 0 Å². The summed E-state index contributed by atoms with van der Waals surface area (Å²) in [5, 5.41) is 11.6. The van der Waals surface area contributed by atoms with Gasteiger partial charge < -0.3 is 10.4 Å². The van der Waals surface area contributed by atoms with Gasteiger partial charge in [-0.15, -0.1) is 0 Å². The van der Waals surface area contributed by atoms with Gasteiger partial charge in [0, 0.05) is 19.6 Å². The zero-order valence-corrected chi connectivity index (χ0v) is 9.19. The summed E-state index contributed by atoms with van der Waals surface area (Å²) in [6.45, 7) is 5.37. The summed E-state index contributed by atoms with van der Waals surface area (Å²) in [5.41, 5.74) is 0. The van der Waals surface area contributed by atoms with Gasteiger partial charge in [-0.05, 0) is 13.3 Å². The van der Waals surface area contributed by atoms with Crippen molar-refractivity contribution in [1.82, 2.24) is 10.2 Å². The van der Waals surface area contributed by atoms with Gasteiger partial charge >= 0.3 is 5.97 Å². The predicted octanol–water partition coefficient (Wildman–Crippen LogP) is -0.0825. The Hall–Kier alpha value is -1.10. The van der Waals surface area contributed by atoms with E-state index in [9.17, 15) is 9.59 Å². The molecular weight excluding hydrogens is 196 g/mol. The van der Waals surface area contributed by atoms with Crippen molar-refractivity contribution in [1.29, 1.82) is 0 Å². The van der Waals surface area contributed by atoms with Gasteiger partial charge in [-0.3, -0.25) is 14.5 Å². The van der Waals surface area contributed by atoms with Gasteiger partial charge in [0.25, 0.3) is 0 Å². The fourth-order valence-electron chi connectivity index (χ4n) is 1.68. The second kappa shape index (κ2) is 5.11. The molecule has 0 spiro atoms. The first-order valence-corrected chi connectivity index (χ1v) is 5.27. The molecule has 0 aromatic rings. The van der Waals surface area contributed by atoms with Gasteiger partial charge in [0.15, 0.2) is 0 Å². The van der Waals surface area contributed by atoms with Gasteiger partial charge in [0.2, 0.25) is 5.91 Å². The summed E-state index contributed by atoms with van der Waals surface area (Å²) < 4.78 is 0. The summed E-state index contributed by atoms with van der Waals surface area (Å²) in [4.78, 5) is 24.1. The molecule has 0 saturated carbocycles. The zero-order chi connectivity index (χ0) is 11.4. The lowest BCUT2D eigenvalue weighted by atomic mass is 10.1. The van der Waals surface area contributed by atoms with Crippen LogP contribution in [0, 0.1) is 5.92 Å². The Bertz CT molecular complexity index is 255. The maximum absolute atomic E-state index is 11.5. The molecular formula is C10H18N2O3. The zero-order valence-electron chi connectivity index (χ0n) is 9.19. The minimum absolute atomic E-state index is 0.00918. The Labute approximate surface area is 89.4 Å². The highest BCUT2D eigenvalue weighted by Gasteiger charge is 2.26. The Morgan fingerprint density at radius 3 is 3.00 bits per heavy atom. The Morgan fingerprint density at radius 2 is 2.40 bits per heavy atom. The molecule has 15 heavy (non-hydrogen) atoms. The van der Waals surface area contributed by atoms with E-state index in [1.807, 2.05) is 11.8 Å². The molecule has 0 bridgehead atoms. The van der Waals surface area contributed by atoms with Crippen molar-refractivity contribution in [3.05, 3.63) is 0 Å². The Morgan fingerprint density at radius 1 is 1.73 bits per heavy atom. The predicted molar refractivity (Wildman–Crippen MR) is 55.5 cm³/mol. The number of hydrogen-bond donors (Lipinski definition) is 2. The van der Waals surface area contributed by atoms with Crippen molar-refractivity contribution in [3.63, 3.8) is 0 Å². The van der Waals surface area contributed by atoms with Gasteiger partial charge in [0.05, 0.1) is 12.0 Å². The van der Waals surface area contributed by atoms with Gasteiger partial charge in [-0.1, -0.05) is 6.92 Å². The highest BCUT2D eigenvalue weighted by molar-refractivity contribution is 5.81. The number of aliphatic carboxylic acids is 1. The minimum Gasteiger partial charge on any atom is -0.481 e. The molecule has 2 atom stereocenters. The van der Waals surface area contributed by atoms with E-state index in [2.05, 4.69) is 5.32 Å². The van der Waals surface area contributed by atoms with E-state index in [1.54, 1.807) is 6.92 Å². The van der Waals surface area contributed by atoms with Crippen LogP contribution in [0.5, 0.6) is 0 Å². The number of hydrogen-bond acceptors (Lipinski definition) is 3. The van der Waals surface area contributed by atoms with Crippen LogP contribution in [0.4, 0.5) is 0 Å². The smallest absolute Gasteiger partial charge is 0.307 e. The number of carboxylic acid groups (broad SMARTS) is 1. The summed E-state index contributed by atoms with van der Waals surface area (Å²) >= 11 is 0. The number of carbonyl (C=O) groups is 2. The molecule has 0 aliphatic carbocycles. The van der Waals surface area contributed by atoms with Crippen LogP contribution in [-0.2, 0) is 9.59 Å². The van der Waals surface area contributed by atoms with Crippen LogP contribution < -0.4 is 5.32 Å². The molecule has 2 N–H and O–H groups in total. The normalized spacial score (nSPS) is 25.5. The molecule has 1 saturated heterocycles.